The molecule has 1 aromatic carbocycles. The highest BCUT2D eigenvalue weighted by Crippen LogP contribution is 2.36. The molecule has 4 rings (SSSR count). The van der Waals surface area contributed by atoms with Gasteiger partial charge in [0.15, 0.2) is 5.76 Å². The van der Waals surface area contributed by atoms with E-state index in [0.29, 0.717) is 11.6 Å². The molecule has 1 aliphatic rings. The van der Waals surface area contributed by atoms with Gasteiger partial charge in [0.1, 0.15) is 0 Å². The van der Waals surface area contributed by atoms with Gasteiger partial charge in [-0.15, -0.1) is 5.10 Å². The molecule has 8 nitrogen and oxygen atoms in total. The number of hydrogen-bond acceptors (Lipinski definition) is 5. The van der Waals surface area contributed by atoms with E-state index in [0.717, 1.165) is 24.0 Å². The summed E-state index contributed by atoms with van der Waals surface area (Å²) < 4.78 is 35.5. The quantitative estimate of drug-likeness (QED) is 0.622. The van der Waals surface area contributed by atoms with Crippen LogP contribution in [0.2, 0.25) is 0 Å². The smallest absolute Gasteiger partial charge is 0.346 e. The molecular weight excluding hydrogens is 380 g/mol. The highest BCUT2D eigenvalue weighted by atomic mass is 32.2. The number of rotatable bonds is 8. The van der Waals surface area contributed by atoms with Gasteiger partial charge in [-0.2, -0.15) is 0 Å². The third kappa shape index (κ3) is 4.10. The molecule has 0 radical (unpaired) electrons. The summed E-state index contributed by atoms with van der Waals surface area (Å²) in [6, 6.07) is 11.0. The summed E-state index contributed by atoms with van der Waals surface area (Å²) in [5.74, 6) is 0.917. The number of nitrogens with zero attached hydrogens (tertiary/aromatic N) is 3. The van der Waals surface area contributed by atoms with Crippen molar-refractivity contribution in [2.45, 2.75) is 38.1 Å². The van der Waals surface area contributed by atoms with Crippen LogP contribution in [0, 0.1) is 6.92 Å². The minimum absolute atomic E-state index is 0.0906. The molecule has 0 atom stereocenters. The van der Waals surface area contributed by atoms with Crippen LogP contribution in [0.4, 0.5) is 0 Å². The van der Waals surface area contributed by atoms with Gasteiger partial charge in [0, 0.05) is 12.6 Å². The maximum absolute atomic E-state index is 12.7. The van der Waals surface area contributed by atoms with Crippen LogP contribution in [-0.2, 0) is 22.3 Å². The van der Waals surface area contributed by atoms with Crippen molar-refractivity contribution in [3.05, 3.63) is 64.3 Å². The summed E-state index contributed by atoms with van der Waals surface area (Å²) in [5.41, 5.74) is 1.49. The van der Waals surface area contributed by atoms with Crippen molar-refractivity contribution in [3.8, 4) is 11.6 Å². The third-order valence-electron chi connectivity index (χ3n) is 4.61. The second kappa shape index (κ2) is 7.40. The van der Waals surface area contributed by atoms with Gasteiger partial charge in [-0.05, 0) is 37.5 Å². The second-order valence-electron chi connectivity index (χ2n) is 7.05. The zero-order chi connectivity index (χ0) is 19.7. The Labute approximate surface area is 162 Å². The Bertz CT molecular complexity index is 1130. The Morgan fingerprint density at radius 2 is 2.07 bits per heavy atom. The molecular formula is C19H22N4O4S. The fourth-order valence-corrected chi connectivity index (χ4v) is 4.30. The van der Waals surface area contributed by atoms with Gasteiger partial charge in [0.25, 0.3) is 0 Å². The first-order valence-corrected chi connectivity index (χ1v) is 10.8. The molecule has 2 aromatic heterocycles. The van der Waals surface area contributed by atoms with Gasteiger partial charge in [-0.25, -0.2) is 22.6 Å². The van der Waals surface area contributed by atoms with E-state index in [1.165, 1.54) is 10.9 Å². The maximum atomic E-state index is 12.7. The van der Waals surface area contributed by atoms with E-state index < -0.39 is 10.0 Å². The molecule has 0 unspecified atom stereocenters. The lowest BCUT2D eigenvalue weighted by atomic mass is 10.2. The average Bonchev–Trinajstić information content (AvgIpc) is 3.20. The second-order valence-corrected chi connectivity index (χ2v) is 8.86. The van der Waals surface area contributed by atoms with Crippen LogP contribution >= 0.6 is 0 Å². The summed E-state index contributed by atoms with van der Waals surface area (Å²) in [4.78, 5) is 12.7. The maximum Gasteiger partial charge on any atom is 0.346 e. The van der Waals surface area contributed by atoms with E-state index in [9.17, 15) is 13.2 Å². The van der Waals surface area contributed by atoms with Gasteiger partial charge in [-0.1, -0.05) is 29.8 Å². The van der Waals surface area contributed by atoms with Gasteiger partial charge >= 0.3 is 5.69 Å². The van der Waals surface area contributed by atoms with Crippen LogP contribution in [0.3, 0.4) is 0 Å². The molecule has 1 aliphatic carbocycles. The lowest BCUT2D eigenvalue weighted by Gasteiger charge is -2.07. The van der Waals surface area contributed by atoms with Crippen LogP contribution in [-0.4, -0.2) is 29.3 Å². The molecule has 9 heteroatoms. The molecule has 148 valence electrons. The molecule has 28 heavy (non-hydrogen) atoms. The number of benzene rings is 1. The van der Waals surface area contributed by atoms with Gasteiger partial charge < -0.3 is 4.42 Å². The van der Waals surface area contributed by atoms with Crippen molar-refractivity contribution >= 4 is 10.0 Å². The third-order valence-corrected chi connectivity index (χ3v) is 5.97. The van der Waals surface area contributed by atoms with E-state index >= 15 is 0 Å². The zero-order valence-corrected chi connectivity index (χ0v) is 16.4. The number of furan rings is 1. The normalized spacial score (nSPS) is 14.5. The van der Waals surface area contributed by atoms with E-state index in [1.807, 2.05) is 25.1 Å². The van der Waals surface area contributed by atoms with E-state index in [-0.39, 0.29) is 30.6 Å². The monoisotopic (exact) mass is 402 g/mol. The highest BCUT2D eigenvalue weighted by molar-refractivity contribution is 7.88. The Hall–Kier alpha value is -2.65. The minimum atomic E-state index is -3.50. The highest BCUT2D eigenvalue weighted by Gasteiger charge is 2.31. The molecule has 2 heterocycles. The van der Waals surface area contributed by atoms with Gasteiger partial charge in [-0.3, -0.25) is 4.57 Å². The van der Waals surface area contributed by atoms with Crippen LogP contribution in [0.1, 0.15) is 30.0 Å². The number of sulfonamides is 1. The molecule has 0 saturated heterocycles. The SMILES string of the molecule is Cc1cccc(CS(=O)(=O)NCCn2nc(-c3ccco3)n(C3CC3)c2=O)c1. The predicted octanol–water partition coefficient (Wildman–Crippen LogP) is 2.07. The molecule has 1 saturated carbocycles. The van der Waals surface area contributed by atoms with Crippen LogP contribution < -0.4 is 10.4 Å². The van der Waals surface area contributed by atoms with Crippen molar-refractivity contribution in [2.24, 2.45) is 0 Å². The first kappa shape index (κ1) is 18.7. The largest absolute Gasteiger partial charge is 0.461 e. The van der Waals surface area contributed by atoms with Crippen LogP contribution in [0.5, 0.6) is 0 Å². The molecule has 0 amide bonds. The van der Waals surface area contributed by atoms with Crippen molar-refractivity contribution in [3.63, 3.8) is 0 Å². The van der Waals surface area contributed by atoms with E-state index in [2.05, 4.69) is 9.82 Å². The van der Waals surface area contributed by atoms with E-state index in [1.54, 1.807) is 22.8 Å². The summed E-state index contributed by atoms with van der Waals surface area (Å²) >= 11 is 0. The number of aromatic nitrogens is 3. The lowest BCUT2D eigenvalue weighted by Crippen LogP contribution is -2.32. The summed E-state index contributed by atoms with van der Waals surface area (Å²) in [6.07, 6.45) is 3.40. The predicted molar refractivity (Wildman–Crippen MR) is 104 cm³/mol. The average molecular weight is 402 g/mol. The number of nitrogens with one attached hydrogen (secondary N) is 1. The summed E-state index contributed by atoms with van der Waals surface area (Å²) in [5, 5.41) is 4.37. The standard InChI is InChI=1S/C19H22N4O4S/c1-14-4-2-5-15(12-14)13-28(25,26)20-9-10-22-19(24)23(16-7-8-16)18(21-22)17-6-3-11-27-17/h2-6,11-12,16,20H,7-10,13H2,1H3. The molecule has 0 aliphatic heterocycles. The Balaban J connectivity index is 1.45. The van der Waals surface area contributed by atoms with E-state index in [4.69, 9.17) is 4.42 Å². The molecule has 1 fully saturated rings. The molecule has 3 aromatic rings. The first-order valence-electron chi connectivity index (χ1n) is 9.19. The van der Waals surface area contributed by atoms with Crippen LogP contribution in [0.15, 0.2) is 51.9 Å². The minimum Gasteiger partial charge on any atom is -0.461 e. The van der Waals surface area contributed by atoms with Crippen molar-refractivity contribution in [1.29, 1.82) is 0 Å². The molecule has 0 bridgehead atoms. The lowest BCUT2D eigenvalue weighted by molar-refractivity contribution is 0.546. The first-order chi connectivity index (χ1) is 13.4. The zero-order valence-electron chi connectivity index (χ0n) is 15.5. The number of hydrogen-bond donors (Lipinski definition) is 1. The fraction of sp³-hybridized carbons (Fsp3) is 0.368. The molecule has 1 N–H and O–H groups in total. The van der Waals surface area contributed by atoms with Crippen LogP contribution in [0.25, 0.3) is 11.6 Å². The Morgan fingerprint density at radius 3 is 2.75 bits per heavy atom. The topological polar surface area (TPSA) is 99.1 Å². The summed E-state index contributed by atoms with van der Waals surface area (Å²) in [6.45, 7) is 2.16. The van der Waals surface area contributed by atoms with Crippen molar-refractivity contribution in [2.75, 3.05) is 6.54 Å². The van der Waals surface area contributed by atoms with Gasteiger partial charge in [0.05, 0.1) is 18.6 Å². The molecule has 0 spiro atoms. The Kier molecular flexibility index (Phi) is 4.94. The number of aryl methyl sites for hydroxylation is 1. The van der Waals surface area contributed by atoms with Crippen molar-refractivity contribution in [1.82, 2.24) is 19.1 Å². The van der Waals surface area contributed by atoms with Gasteiger partial charge in [0.2, 0.25) is 15.8 Å². The fourth-order valence-electron chi connectivity index (χ4n) is 3.18. The van der Waals surface area contributed by atoms with Crippen molar-refractivity contribution < 1.29 is 12.8 Å². The summed E-state index contributed by atoms with van der Waals surface area (Å²) in [7, 11) is -3.50. The Morgan fingerprint density at radius 1 is 1.25 bits per heavy atom.